The van der Waals surface area contributed by atoms with Gasteiger partial charge in [-0.3, -0.25) is 0 Å². The van der Waals surface area contributed by atoms with Crippen LogP contribution in [0.3, 0.4) is 0 Å². The molecule has 0 amide bonds. The van der Waals surface area contributed by atoms with E-state index in [0.29, 0.717) is 5.92 Å². The Balaban J connectivity index is 2.20. The SMILES string of the molecule is CCCc1ccc2c(c1)NCC(C)CO2. The summed E-state index contributed by atoms with van der Waals surface area (Å²) in [6.45, 7) is 6.22. The lowest BCUT2D eigenvalue weighted by atomic mass is 10.1. The minimum atomic E-state index is 0.576. The second-order valence-electron chi connectivity index (χ2n) is 4.38. The van der Waals surface area contributed by atoms with Crippen molar-refractivity contribution >= 4 is 5.69 Å². The summed E-state index contributed by atoms with van der Waals surface area (Å²) in [5.74, 6) is 1.58. The van der Waals surface area contributed by atoms with Gasteiger partial charge in [-0.1, -0.05) is 26.3 Å². The number of fused-ring (bicyclic) bond motifs is 1. The monoisotopic (exact) mass is 205 g/mol. The lowest BCUT2D eigenvalue weighted by Gasteiger charge is -2.09. The number of hydrogen-bond acceptors (Lipinski definition) is 2. The first-order valence-electron chi connectivity index (χ1n) is 5.79. The van der Waals surface area contributed by atoms with E-state index in [-0.39, 0.29) is 0 Å². The third-order valence-corrected chi connectivity index (χ3v) is 2.75. The molecule has 82 valence electrons. The molecule has 1 aromatic carbocycles. The van der Waals surface area contributed by atoms with Crippen molar-refractivity contribution in [3.05, 3.63) is 23.8 Å². The molecule has 1 heterocycles. The number of ether oxygens (including phenoxy) is 1. The summed E-state index contributed by atoms with van der Waals surface area (Å²) in [6.07, 6.45) is 2.33. The van der Waals surface area contributed by atoms with Crippen LogP contribution in [0.5, 0.6) is 5.75 Å². The molecule has 2 rings (SSSR count). The van der Waals surface area contributed by atoms with Crippen LogP contribution < -0.4 is 10.1 Å². The number of aryl methyl sites for hydroxylation is 1. The maximum absolute atomic E-state index is 5.73. The summed E-state index contributed by atoms with van der Waals surface area (Å²) in [6, 6.07) is 6.47. The van der Waals surface area contributed by atoms with Crippen molar-refractivity contribution in [2.45, 2.75) is 26.7 Å². The second kappa shape index (κ2) is 4.56. The molecule has 0 radical (unpaired) electrons. The average Bonchev–Trinajstić information content (AvgIpc) is 2.42. The highest BCUT2D eigenvalue weighted by atomic mass is 16.5. The normalized spacial score (nSPS) is 19.7. The van der Waals surface area contributed by atoms with Crippen molar-refractivity contribution in [2.24, 2.45) is 5.92 Å². The van der Waals surface area contributed by atoms with Gasteiger partial charge in [-0.05, 0) is 24.1 Å². The van der Waals surface area contributed by atoms with Gasteiger partial charge in [-0.2, -0.15) is 0 Å². The summed E-state index contributed by atoms with van der Waals surface area (Å²) in [5, 5.41) is 3.45. The molecule has 1 N–H and O–H groups in total. The molecule has 0 bridgehead atoms. The van der Waals surface area contributed by atoms with Gasteiger partial charge in [-0.15, -0.1) is 0 Å². The highest BCUT2D eigenvalue weighted by molar-refractivity contribution is 5.58. The molecule has 1 aliphatic rings. The van der Waals surface area contributed by atoms with E-state index in [1.165, 1.54) is 12.0 Å². The van der Waals surface area contributed by atoms with Crippen LogP contribution in [0.4, 0.5) is 5.69 Å². The van der Waals surface area contributed by atoms with E-state index < -0.39 is 0 Å². The molecule has 0 aliphatic carbocycles. The van der Waals surface area contributed by atoms with Crippen molar-refractivity contribution in [1.82, 2.24) is 0 Å². The van der Waals surface area contributed by atoms with Gasteiger partial charge >= 0.3 is 0 Å². The van der Waals surface area contributed by atoms with Crippen LogP contribution in [0.15, 0.2) is 18.2 Å². The number of rotatable bonds is 2. The summed E-state index contributed by atoms with van der Waals surface area (Å²) >= 11 is 0. The lowest BCUT2D eigenvalue weighted by Crippen LogP contribution is -2.13. The summed E-state index contributed by atoms with van der Waals surface area (Å²) in [5.41, 5.74) is 2.55. The molecule has 0 spiro atoms. The summed E-state index contributed by atoms with van der Waals surface area (Å²) < 4.78 is 5.73. The van der Waals surface area contributed by atoms with Crippen LogP contribution in [0.2, 0.25) is 0 Å². The predicted molar refractivity (Wildman–Crippen MR) is 63.6 cm³/mol. The van der Waals surface area contributed by atoms with E-state index in [2.05, 4.69) is 37.4 Å². The Kier molecular flexibility index (Phi) is 3.14. The smallest absolute Gasteiger partial charge is 0.142 e. The van der Waals surface area contributed by atoms with Gasteiger partial charge in [0, 0.05) is 12.5 Å². The van der Waals surface area contributed by atoms with Crippen molar-refractivity contribution in [2.75, 3.05) is 18.5 Å². The molecule has 1 unspecified atom stereocenters. The maximum Gasteiger partial charge on any atom is 0.142 e. The molecule has 2 nitrogen and oxygen atoms in total. The van der Waals surface area contributed by atoms with Crippen LogP contribution in [-0.2, 0) is 6.42 Å². The van der Waals surface area contributed by atoms with E-state index in [1.807, 2.05) is 0 Å². The Morgan fingerprint density at radius 1 is 1.47 bits per heavy atom. The van der Waals surface area contributed by atoms with E-state index in [4.69, 9.17) is 4.74 Å². The van der Waals surface area contributed by atoms with E-state index in [9.17, 15) is 0 Å². The largest absolute Gasteiger partial charge is 0.491 e. The third kappa shape index (κ3) is 2.44. The Labute approximate surface area is 91.6 Å². The molecule has 0 saturated heterocycles. The highest BCUT2D eigenvalue weighted by Gasteiger charge is 2.12. The molecule has 1 aliphatic heterocycles. The molecule has 2 heteroatoms. The topological polar surface area (TPSA) is 21.3 Å². The summed E-state index contributed by atoms with van der Waals surface area (Å²) in [4.78, 5) is 0. The molecule has 0 fully saturated rings. The number of nitrogens with one attached hydrogen (secondary N) is 1. The fourth-order valence-electron chi connectivity index (χ4n) is 1.86. The predicted octanol–water partition coefficient (Wildman–Crippen LogP) is 3.08. The van der Waals surface area contributed by atoms with E-state index in [1.54, 1.807) is 0 Å². The van der Waals surface area contributed by atoms with Gasteiger partial charge in [0.2, 0.25) is 0 Å². The Morgan fingerprint density at radius 3 is 3.13 bits per heavy atom. The van der Waals surface area contributed by atoms with Crippen LogP contribution in [0, 0.1) is 5.92 Å². The molecule has 15 heavy (non-hydrogen) atoms. The Bertz CT molecular complexity index is 335. The van der Waals surface area contributed by atoms with Gasteiger partial charge in [-0.25, -0.2) is 0 Å². The van der Waals surface area contributed by atoms with Crippen molar-refractivity contribution in [3.8, 4) is 5.75 Å². The Hall–Kier alpha value is -1.18. The van der Waals surface area contributed by atoms with Crippen LogP contribution in [0.1, 0.15) is 25.8 Å². The molecule has 0 aromatic heterocycles. The second-order valence-corrected chi connectivity index (χ2v) is 4.38. The van der Waals surface area contributed by atoms with Gasteiger partial charge in [0.1, 0.15) is 5.75 Å². The molecular weight excluding hydrogens is 186 g/mol. The summed E-state index contributed by atoms with van der Waals surface area (Å²) in [7, 11) is 0. The first-order chi connectivity index (χ1) is 7.29. The molecular formula is C13H19NO. The minimum Gasteiger partial charge on any atom is -0.491 e. The molecule has 1 aromatic rings. The van der Waals surface area contributed by atoms with Gasteiger partial charge < -0.3 is 10.1 Å². The zero-order valence-electron chi connectivity index (χ0n) is 9.55. The maximum atomic E-state index is 5.73. The first-order valence-corrected chi connectivity index (χ1v) is 5.79. The number of hydrogen-bond donors (Lipinski definition) is 1. The van der Waals surface area contributed by atoms with Crippen LogP contribution >= 0.6 is 0 Å². The zero-order chi connectivity index (χ0) is 10.7. The number of anilines is 1. The lowest BCUT2D eigenvalue weighted by molar-refractivity contribution is 0.275. The first kappa shape index (κ1) is 10.3. The zero-order valence-corrected chi connectivity index (χ0v) is 9.55. The van der Waals surface area contributed by atoms with Crippen molar-refractivity contribution < 1.29 is 4.74 Å². The fourth-order valence-corrected chi connectivity index (χ4v) is 1.86. The molecule has 0 saturated carbocycles. The quantitative estimate of drug-likeness (QED) is 0.801. The van der Waals surface area contributed by atoms with E-state index in [0.717, 1.165) is 31.0 Å². The highest BCUT2D eigenvalue weighted by Crippen LogP contribution is 2.29. The third-order valence-electron chi connectivity index (χ3n) is 2.75. The number of benzene rings is 1. The van der Waals surface area contributed by atoms with E-state index >= 15 is 0 Å². The van der Waals surface area contributed by atoms with Gasteiger partial charge in [0.25, 0.3) is 0 Å². The Morgan fingerprint density at radius 2 is 2.33 bits per heavy atom. The van der Waals surface area contributed by atoms with Gasteiger partial charge in [0.05, 0.1) is 12.3 Å². The van der Waals surface area contributed by atoms with Crippen LogP contribution in [0.25, 0.3) is 0 Å². The standard InChI is InChI=1S/C13H19NO/c1-3-4-11-5-6-13-12(7-11)14-8-10(2)9-15-13/h5-7,10,14H,3-4,8-9H2,1-2H3. The van der Waals surface area contributed by atoms with Crippen molar-refractivity contribution in [3.63, 3.8) is 0 Å². The average molecular weight is 205 g/mol. The minimum absolute atomic E-state index is 0.576. The van der Waals surface area contributed by atoms with Gasteiger partial charge in [0.15, 0.2) is 0 Å². The molecule has 1 atom stereocenters. The van der Waals surface area contributed by atoms with Crippen molar-refractivity contribution in [1.29, 1.82) is 0 Å². The fraction of sp³-hybridized carbons (Fsp3) is 0.538. The van der Waals surface area contributed by atoms with Crippen LogP contribution in [-0.4, -0.2) is 13.2 Å².